The van der Waals surface area contributed by atoms with Crippen LogP contribution < -0.4 is 5.73 Å². The van der Waals surface area contributed by atoms with Gasteiger partial charge in [0.2, 0.25) is 0 Å². The van der Waals surface area contributed by atoms with Crippen LogP contribution >= 0.6 is 0 Å². The van der Waals surface area contributed by atoms with Gasteiger partial charge in [-0.3, -0.25) is 4.57 Å². The van der Waals surface area contributed by atoms with Crippen LogP contribution in [0, 0.1) is 0 Å². The van der Waals surface area contributed by atoms with Gasteiger partial charge >= 0.3 is 0 Å². The Kier molecular flexibility index (Phi) is 2.41. The lowest BCUT2D eigenvalue weighted by atomic mass is 10.2. The van der Waals surface area contributed by atoms with Crippen LogP contribution in [0.4, 0.5) is 5.69 Å². The number of rotatable bonds is 2. The summed E-state index contributed by atoms with van der Waals surface area (Å²) < 4.78 is 1.96. The van der Waals surface area contributed by atoms with Gasteiger partial charge in [0.15, 0.2) is 0 Å². The van der Waals surface area contributed by atoms with Gasteiger partial charge in [-0.15, -0.1) is 10.2 Å². The highest BCUT2D eigenvalue weighted by Gasteiger charge is 2.09. The summed E-state index contributed by atoms with van der Waals surface area (Å²) in [5, 5.41) is 8.02. The van der Waals surface area contributed by atoms with E-state index in [0.29, 0.717) is 5.92 Å². The van der Waals surface area contributed by atoms with Crippen LogP contribution in [0.15, 0.2) is 30.6 Å². The number of hydrogen-bond donors (Lipinski definition) is 1. The summed E-state index contributed by atoms with van der Waals surface area (Å²) in [7, 11) is 0. The Morgan fingerprint density at radius 3 is 2.80 bits per heavy atom. The topological polar surface area (TPSA) is 56.7 Å². The van der Waals surface area contributed by atoms with Crippen LogP contribution in [-0.2, 0) is 0 Å². The molecule has 0 saturated heterocycles. The molecule has 15 heavy (non-hydrogen) atoms. The molecule has 1 aromatic heterocycles. The second kappa shape index (κ2) is 3.73. The summed E-state index contributed by atoms with van der Waals surface area (Å²) >= 11 is 0. The lowest BCUT2D eigenvalue weighted by Gasteiger charge is -2.08. The maximum Gasteiger partial charge on any atom is 0.139 e. The van der Waals surface area contributed by atoms with Crippen molar-refractivity contribution in [3.05, 3.63) is 36.4 Å². The highest BCUT2D eigenvalue weighted by atomic mass is 15.3. The van der Waals surface area contributed by atoms with E-state index in [4.69, 9.17) is 5.73 Å². The van der Waals surface area contributed by atoms with E-state index in [1.165, 1.54) is 0 Å². The third kappa shape index (κ3) is 1.83. The second-order valence-electron chi connectivity index (χ2n) is 3.81. The Morgan fingerprint density at radius 2 is 2.13 bits per heavy atom. The Bertz CT molecular complexity index is 459. The SMILES string of the molecule is CC(C)c1nncn1-c1cccc(N)c1. The van der Waals surface area contributed by atoms with E-state index in [1.807, 2.05) is 28.8 Å². The highest BCUT2D eigenvalue weighted by molar-refractivity contribution is 5.47. The van der Waals surface area contributed by atoms with Gasteiger partial charge < -0.3 is 5.73 Å². The number of benzene rings is 1. The first-order valence-electron chi connectivity index (χ1n) is 4.94. The molecule has 4 heteroatoms. The second-order valence-corrected chi connectivity index (χ2v) is 3.81. The van der Waals surface area contributed by atoms with Gasteiger partial charge in [0.05, 0.1) is 5.69 Å². The molecule has 0 aliphatic carbocycles. The molecule has 0 saturated carbocycles. The lowest BCUT2D eigenvalue weighted by molar-refractivity contribution is 0.745. The van der Waals surface area contributed by atoms with Crippen molar-refractivity contribution in [2.75, 3.05) is 5.73 Å². The molecule has 0 amide bonds. The van der Waals surface area contributed by atoms with E-state index in [9.17, 15) is 0 Å². The van der Waals surface area contributed by atoms with Gasteiger partial charge in [0.1, 0.15) is 12.2 Å². The van der Waals surface area contributed by atoms with Crippen molar-refractivity contribution < 1.29 is 0 Å². The van der Waals surface area contributed by atoms with E-state index in [2.05, 4.69) is 24.0 Å². The van der Waals surface area contributed by atoms with E-state index < -0.39 is 0 Å². The number of anilines is 1. The normalized spacial score (nSPS) is 10.9. The van der Waals surface area contributed by atoms with Crippen LogP contribution in [0.1, 0.15) is 25.6 Å². The molecule has 0 aliphatic heterocycles. The first-order chi connectivity index (χ1) is 7.18. The van der Waals surface area contributed by atoms with Crippen molar-refractivity contribution in [2.45, 2.75) is 19.8 Å². The first-order valence-corrected chi connectivity index (χ1v) is 4.94. The maximum atomic E-state index is 5.74. The van der Waals surface area contributed by atoms with Crippen LogP contribution in [0.25, 0.3) is 5.69 Å². The van der Waals surface area contributed by atoms with Crippen LogP contribution in [0.2, 0.25) is 0 Å². The molecule has 1 heterocycles. The molecular weight excluding hydrogens is 188 g/mol. The summed E-state index contributed by atoms with van der Waals surface area (Å²) in [6.45, 7) is 4.18. The quantitative estimate of drug-likeness (QED) is 0.757. The summed E-state index contributed by atoms with van der Waals surface area (Å²) in [5.41, 5.74) is 7.49. The Labute approximate surface area is 88.8 Å². The minimum absolute atomic E-state index is 0.342. The van der Waals surface area contributed by atoms with E-state index >= 15 is 0 Å². The van der Waals surface area contributed by atoms with Crippen molar-refractivity contribution >= 4 is 5.69 Å². The van der Waals surface area contributed by atoms with Crippen LogP contribution in [0.3, 0.4) is 0 Å². The standard InChI is InChI=1S/C11H14N4/c1-8(2)11-14-13-7-15(11)10-5-3-4-9(12)6-10/h3-8H,12H2,1-2H3. The third-order valence-electron chi connectivity index (χ3n) is 2.24. The van der Waals surface area contributed by atoms with Crippen molar-refractivity contribution in [1.82, 2.24) is 14.8 Å². The minimum Gasteiger partial charge on any atom is -0.399 e. The Hall–Kier alpha value is -1.84. The van der Waals surface area contributed by atoms with E-state index in [-0.39, 0.29) is 0 Å². The fraction of sp³-hybridized carbons (Fsp3) is 0.273. The maximum absolute atomic E-state index is 5.74. The number of nitrogens with two attached hydrogens (primary N) is 1. The molecule has 4 nitrogen and oxygen atoms in total. The monoisotopic (exact) mass is 202 g/mol. The lowest BCUT2D eigenvalue weighted by Crippen LogP contribution is -2.02. The molecule has 2 aromatic rings. The summed E-state index contributed by atoms with van der Waals surface area (Å²) in [4.78, 5) is 0. The molecule has 0 bridgehead atoms. The van der Waals surface area contributed by atoms with E-state index in [1.54, 1.807) is 6.33 Å². The molecule has 0 radical (unpaired) electrons. The zero-order valence-electron chi connectivity index (χ0n) is 8.88. The molecular formula is C11H14N4. The Morgan fingerprint density at radius 1 is 1.33 bits per heavy atom. The van der Waals surface area contributed by atoms with Gasteiger partial charge in [-0.25, -0.2) is 0 Å². The molecule has 0 unspecified atom stereocenters. The largest absolute Gasteiger partial charge is 0.399 e. The van der Waals surface area contributed by atoms with Gasteiger partial charge in [0.25, 0.3) is 0 Å². The fourth-order valence-corrected chi connectivity index (χ4v) is 1.51. The van der Waals surface area contributed by atoms with Crippen molar-refractivity contribution in [2.24, 2.45) is 0 Å². The van der Waals surface area contributed by atoms with Gasteiger partial charge in [-0.2, -0.15) is 0 Å². The van der Waals surface area contributed by atoms with Crippen molar-refractivity contribution in [3.63, 3.8) is 0 Å². The molecule has 0 aliphatic rings. The summed E-state index contributed by atoms with van der Waals surface area (Å²) in [6.07, 6.45) is 1.71. The number of aromatic nitrogens is 3. The molecule has 78 valence electrons. The fourth-order valence-electron chi connectivity index (χ4n) is 1.51. The van der Waals surface area contributed by atoms with Gasteiger partial charge in [0, 0.05) is 11.6 Å². The van der Waals surface area contributed by atoms with Gasteiger partial charge in [-0.1, -0.05) is 19.9 Å². The average molecular weight is 202 g/mol. The molecule has 2 rings (SSSR count). The predicted molar refractivity (Wildman–Crippen MR) is 59.9 cm³/mol. The van der Waals surface area contributed by atoms with E-state index in [0.717, 1.165) is 17.2 Å². The summed E-state index contributed by atoms with van der Waals surface area (Å²) in [5.74, 6) is 1.29. The van der Waals surface area contributed by atoms with Crippen LogP contribution in [0.5, 0.6) is 0 Å². The molecule has 0 fully saturated rings. The zero-order chi connectivity index (χ0) is 10.8. The Balaban J connectivity index is 2.49. The summed E-state index contributed by atoms with van der Waals surface area (Å²) in [6, 6.07) is 7.69. The first kappa shape index (κ1) is 9.71. The molecule has 0 spiro atoms. The minimum atomic E-state index is 0.342. The molecule has 2 N–H and O–H groups in total. The van der Waals surface area contributed by atoms with Crippen molar-refractivity contribution in [3.8, 4) is 5.69 Å². The number of hydrogen-bond acceptors (Lipinski definition) is 3. The van der Waals surface area contributed by atoms with Crippen molar-refractivity contribution in [1.29, 1.82) is 0 Å². The number of nitrogens with zero attached hydrogens (tertiary/aromatic N) is 3. The number of nitrogen functional groups attached to an aromatic ring is 1. The van der Waals surface area contributed by atoms with Gasteiger partial charge in [-0.05, 0) is 18.2 Å². The molecule has 1 aromatic carbocycles. The smallest absolute Gasteiger partial charge is 0.139 e. The zero-order valence-corrected chi connectivity index (χ0v) is 8.88. The molecule has 0 atom stereocenters. The highest BCUT2D eigenvalue weighted by Crippen LogP contribution is 2.17. The average Bonchev–Trinajstić information content (AvgIpc) is 2.65. The van der Waals surface area contributed by atoms with Crippen LogP contribution in [-0.4, -0.2) is 14.8 Å². The predicted octanol–water partition coefficient (Wildman–Crippen LogP) is 1.97. The third-order valence-corrected chi connectivity index (χ3v) is 2.24.